The van der Waals surface area contributed by atoms with Crippen LogP contribution >= 0.6 is 0 Å². The van der Waals surface area contributed by atoms with E-state index in [1.165, 1.54) is 13.2 Å². The molecule has 0 radical (unpaired) electrons. The van der Waals surface area contributed by atoms with Crippen LogP contribution in [0.15, 0.2) is 18.2 Å². The average molecular weight is 428 g/mol. The molecule has 4 rings (SSSR count). The fourth-order valence-electron chi connectivity index (χ4n) is 6.27. The molecule has 5 nitrogen and oxygen atoms in total. The minimum atomic E-state index is -4.74. The van der Waals surface area contributed by atoms with Crippen molar-refractivity contribution in [1.29, 1.82) is 5.26 Å². The molecule has 1 aromatic rings. The van der Waals surface area contributed by atoms with Gasteiger partial charge < -0.3 is 4.74 Å². The summed E-state index contributed by atoms with van der Waals surface area (Å²) in [6.45, 7) is 2.41. The number of nitriles is 1. The topological polar surface area (TPSA) is 70.4 Å². The number of hydrogen-bond acceptors (Lipinski definition) is 4. The van der Waals surface area contributed by atoms with E-state index < -0.39 is 37.5 Å². The van der Waals surface area contributed by atoms with E-state index in [0.29, 0.717) is 6.42 Å². The van der Waals surface area contributed by atoms with Gasteiger partial charge in [0.05, 0.1) is 22.9 Å². The zero-order valence-corrected chi connectivity index (χ0v) is 17.1. The summed E-state index contributed by atoms with van der Waals surface area (Å²) in [6, 6.07) is 4.70. The van der Waals surface area contributed by atoms with Gasteiger partial charge in [0.15, 0.2) is 0 Å². The van der Waals surface area contributed by atoms with E-state index in [1.807, 2.05) is 6.92 Å². The third kappa shape index (κ3) is 2.51. The SMILES string of the molecule is COCC[C@@]12[C@@H]3CC[C@@H](C3)[C@]1(C)CN(c1ccc(C#N)c(C(F)(F)F)c1)S2(=O)=O. The molecule has 0 amide bonds. The Morgan fingerprint density at radius 3 is 2.62 bits per heavy atom. The van der Waals surface area contributed by atoms with Crippen molar-refractivity contribution in [2.24, 2.45) is 17.3 Å². The number of benzene rings is 1. The third-order valence-electron chi connectivity index (χ3n) is 7.58. The summed E-state index contributed by atoms with van der Waals surface area (Å²) >= 11 is 0. The van der Waals surface area contributed by atoms with Gasteiger partial charge in [-0.25, -0.2) is 8.42 Å². The van der Waals surface area contributed by atoms with Crippen molar-refractivity contribution in [3.63, 3.8) is 0 Å². The highest BCUT2D eigenvalue weighted by atomic mass is 32.2. The van der Waals surface area contributed by atoms with Crippen molar-refractivity contribution >= 4 is 15.7 Å². The normalized spacial score (nSPS) is 35.0. The number of nitrogens with zero attached hydrogens (tertiary/aromatic N) is 2. The van der Waals surface area contributed by atoms with Crippen LogP contribution in [0.1, 0.15) is 43.7 Å². The summed E-state index contributed by atoms with van der Waals surface area (Å²) in [7, 11) is -2.40. The molecule has 0 aromatic heterocycles. The second-order valence-corrected chi connectivity index (χ2v) is 10.7. The fourth-order valence-corrected chi connectivity index (χ4v) is 9.29. The molecule has 158 valence electrons. The molecule has 3 aliphatic rings. The van der Waals surface area contributed by atoms with Crippen molar-refractivity contribution in [2.45, 2.75) is 43.5 Å². The number of methoxy groups -OCH3 is 1. The molecule has 2 aliphatic carbocycles. The summed E-state index contributed by atoms with van der Waals surface area (Å²) in [4.78, 5) is 0. The van der Waals surface area contributed by atoms with Gasteiger partial charge in [-0.15, -0.1) is 0 Å². The van der Waals surface area contributed by atoms with Crippen LogP contribution in [0.25, 0.3) is 0 Å². The molecule has 0 N–H and O–H groups in total. The maximum Gasteiger partial charge on any atom is 0.417 e. The van der Waals surface area contributed by atoms with E-state index in [9.17, 15) is 21.6 Å². The predicted molar refractivity (Wildman–Crippen MR) is 101 cm³/mol. The molecule has 1 saturated heterocycles. The lowest BCUT2D eigenvalue weighted by molar-refractivity contribution is -0.137. The first kappa shape index (κ1) is 20.5. The lowest BCUT2D eigenvalue weighted by Crippen LogP contribution is -2.53. The highest BCUT2D eigenvalue weighted by molar-refractivity contribution is 7.94. The number of rotatable bonds is 4. The first-order chi connectivity index (χ1) is 13.5. The Balaban J connectivity index is 1.85. The molecule has 1 heterocycles. The van der Waals surface area contributed by atoms with Crippen LogP contribution in [0.4, 0.5) is 18.9 Å². The van der Waals surface area contributed by atoms with Crippen LogP contribution in [0.2, 0.25) is 0 Å². The molecule has 2 saturated carbocycles. The number of fused-ring (bicyclic) bond motifs is 5. The average Bonchev–Trinajstić information content (AvgIpc) is 3.28. The monoisotopic (exact) mass is 428 g/mol. The summed E-state index contributed by atoms with van der Waals surface area (Å²) in [5.41, 5.74) is -2.19. The molecule has 4 atom stereocenters. The highest BCUT2D eigenvalue weighted by Gasteiger charge is 2.76. The smallest absolute Gasteiger partial charge is 0.385 e. The number of alkyl halides is 3. The lowest BCUT2D eigenvalue weighted by Gasteiger charge is -2.44. The van der Waals surface area contributed by atoms with Crippen LogP contribution in [-0.2, 0) is 20.9 Å². The van der Waals surface area contributed by atoms with E-state index >= 15 is 0 Å². The number of sulfonamides is 1. The Bertz CT molecular complexity index is 988. The van der Waals surface area contributed by atoms with Gasteiger partial charge in [-0.1, -0.05) is 6.92 Å². The van der Waals surface area contributed by atoms with Crippen molar-refractivity contribution < 1.29 is 26.3 Å². The molecule has 0 spiro atoms. The largest absolute Gasteiger partial charge is 0.417 e. The van der Waals surface area contributed by atoms with Crippen LogP contribution < -0.4 is 4.31 Å². The highest BCUT2D eigenvalue weighted by Crippen LogP contribution is 2.70. The van der Waals surface area contributed by atoms with E-state index in [-0.39, 0.29) is 30.7 Å². The predicted octanol–water partition coefficient (Wildman–Crippen LogP) is 3.94. The van der Waals surface area contributed by atoms with E-state index in [1.54, 1.807) is 6.07 Å². The zero-order valence-electron chi connectivity index (χ0n) is 16.3. The quantitative estimate of drug-likeness (QED) is 0.728. The van der Waals surface area contributed by atoms with Crippen molar-refractivity contribution in [1.82, 2.24) is 0 Å². The first-order valence-electron chi connectivity index (χ1n) is 9.65. The molecule has 1 aliphatic heterocycles. The molecule has 1 aromatic carbocycles. The van der Waals surface area contributed by atoms with Crippen molar-refractivity contribution in [3.05, 3.63) is 29.3 Å². The maximum atomic E-state index is 13.8. The molecule has 2 bridgehead atoms. The maximum absolute atomic E-state index is 13.8. The van der Waals surface area contributed by atoms with E-state index in [4.69, 9.17) is 10.00 Å². The van der Waals surface area contributed by atoms with Crippen molar-refractivity contribution in [2.75, 3.05) is 24.6 Å². The van der Waals surface area contributed by atoms with Gasteiger partial charge in [-0.3, -0.25) is 4.31 Å². The molecule has 0 unspecified atom stereocenters. The van der Waals surface area contributed by atoms with Crippen LogP contribution in [-0.4, -0.2) is 33.4 Å². The van der Waals surface area contributed by atoms with Crippen LogP contribution in [0, 0.1) is 28.6 Å². The molecule has 3 fully saturated rings. The number of anilines is 1. The van der Waals surface area contributed by atoms with Gasteiger partial charge in [0.1, 0.15) is 4.75 Å². The Morgan fingerprint density at radius 2 is 2.00 bits per heavy atom. The van der Waals surface area contributed by atoms with Crippen molar-refractivity contribution in [3.8, 4) is 6.07 Å². The van der Waals surface area contributed by atoms with Gasteiger partial charge in [0, 0.05) is 25.7 Å². The third-order valence-corrected chi connectivity index (χ3v) is 10.4. The summed E-state index contributed by atoms with van der Waals surface area (Å²) < 4.78 is 73.4. The second kappa shape index (κ2) is 6.35. The first-order valence-corrected chi connectivity index (χ1v) is 11.1. The molecule has 29 heavy (non-hydrogen) atoms. The fraction of sp³-hybridized carbons (Fsp3) is 0.650. The Kier molecular flexibility index (Phi) is 4.49. The zero-order chi connectivity index (χ0) is 21.2. The van der Waals surface area contributed by atoms with Gasteiger partial charge >= 0.3 is 6.18 Å². The Morgan fingerprint density at radius 1 is 1.31 bits per heavy atom. The summed E-state index contributed by atoms with van der Waals surface area (Å²) in [6.07, 6.45) is -1.80. The van der Waals surface area contributed by atoms with Gasteiger partial charge in [-0.2, -0.15) is 18.4 Å². The Labute approximate surface area is 168 Å². The molecule has 9 heteroatoms. The number of halogens is 3. The lowest BCUT2D eigenvalue weighted by atomic mass is 9.65. The minimum Gasteiger partial charge on any atom is -0.385 e. The molecular weight excluding hydrogens is 405 g/mol. The Hall–Kier alpha value is -1.79. The number of hydrogen-bond donors (Lipinski definition) is 0. The second-order valence-electron chi connectivity index (χ2n) is 8.61. The summed E-state index contributed by atoms with van der Waals surface area (Å²) in [5, 5.41) is 9.03. The number of ether oxygens (including phenoxy) is 1. The molecular formula is C20H23F3N2O3S. The van der Waals surface area contributed by atoms with Gasteiger partial charge in [-0.05, 0) is 55.7 Å². The van der Waals surface area contributed by atoms with E-state index in [2.05, 4.69) is 0 Å². The van der Waals surface area contributed by atoms with Crippen LogP contribution in [0.5, 0.6) is 0 Å². The summed E-state index contributed by atoms with van der Waals surface area (Å²) in [5.74, 6) is 0.215. The van der Waals surface area contributed by atoms with E-state index in [0.717, 1.165) is 35.7 Å². The minimum absolute atomic E-state index is 0.0110. The van der Waals surface area contributed by atoms with Crippen LogP contribution in [0.3, 0.4) is 0 Å². The van der Waals surface area contributed by atoms with Gasteiger partial charge in [0.25, 0.3) is 0 Å². The standard InChI is InChI=1S/C20H23F3N2O3S/c1-18-12-25(16-6-3-13(11-24)17(10-16)20(21,22)23)29(26,27)19(18,7-8-28-2)15-5-4-14(18)9-15/h3,6,10,14-15H,4-5,7-9,12H2,1-2H3/t14-,15+,18-,19+/m0/s1. The van der Waals surface area contributed by atoms with Gasteiger partial charge in [0.2, 0.25) is 10.0 Å².